The number of nitrogens with zero attached hydrogens (tertiary/aromatic N) is 1. The van der Waals surface area contributed by atoms with Crippen LogP contribution in [-0.2, 0) is 0 Å². The molecule has 0 bridgehead atoms. The van der Waals surface area contributed by atoms with Crippen LogP contribution in [0.1, 0.15) is 31.2 Å². The topological polar surface area (TPSA) is 24.9 Å². The molecule has 3 heteroatoms. The zero-order chi connectivity index (χ0) is 12.1. The van der Waals surface area contributed by atoms with Gasteiger partial charge in [0.05, 0.1) is 0 Å². The third kappa shape index (κ3) is 3.35. The van der Waals surface area contributed by atoms with Crippen molar-refractivity contribution < 1.29 is 0 Å². The van der Waals surface area contributed by atoms with E-state index in [1.165, 1.54) is 31.2 Å². The van der Waals surface area contributed by atoms with Crippen molar-refractivity contribution in [3.05, 3.63) is 23.9 Å². The molecule has 1 fully saturated rings. The molecule has 1 aromatic heterocycles. The minimum absolute atomic E-state index is 0.682. The van der Waals surface area contributed by atoms with Crippen molar-refractivity contribution in [2.75, 3.05) is 17.7 Å². The van der Waals surface area contributed by atoms with Crippen LogP contribution in [0.25, 0.3) is 0 Å². The number of aromatic nitrogens is 1. The van der Waals surface area contributed by atoms with Gasteiger partial charge in [0.2, 0.25) is 0 Å². The minimum Gasteiger partial charge on any atom is -0.370 e. The Bertz CT molecular complexity index is 354. The van der Waals surface area contributed by atoms with E-state index in [2.05, 4.69) is 23.3 Å². The minimum atomic E-state index is 0.682. The Morgan fingerprint density at radius 1 is 1.35 bits per heavy atom. The monoisotopic (exact) mass is 252 g/mol. The summed E-state index contributed by atoms with van der Waals surface area (Å²) in [5, 5.41) is 3.48. The van der Waals surface area contributed by atoms with E-state index in [4.69, 9.17) is 11.6 Å². The van der Waals surface area contributed by atoms with Gasteiger partial charge in [0.15, 0.2) is 0 Å². The summed E-state index contributed by atoms with van der Waals surface area (Å²) in [6.45, 7) is 3.10. The molecule has 0 aromatic carbocycles. The molecule has 0 spiro atoms. The van der Waals surface area contributed by atoms with Crippen LogP contribution >= 0.6 is 11.6 Å². The van der Waals surface area contributed by atoms with Crippen molar-refractivity contribution in [3.63, 3.8) is 0 Å². The number of hydrogen-bond donors (Lipinski definition) is 1. The lowest BCUT2D eigenvalue weighted by Crippen LogP contribution is -2.27. The number of alkyl halides is 1. The molecule has 1 aliphatic rings. The molecule has 0 aliphatic heterocycles. The molecule has 94 valence electrons. The van der Waals surface area contributed by atoms with E-state index in [1.54, 1.807) is 0 Å². The average molecular weight is 253 g/mol. The molecule has 1 saturated carbocycles. The highest BCUT2D eigenvalue weighted by Crippen LogP contribution is 2.31. The number of anilines is 1. The van der Waals surface area contributed by atoms with E-state index in [1.807, 2.05) is 12.3 Å². The highest BCUT2D eigenvalue weighted by Gasteiger charge is 2.24. The van der Waals surface area contributed by atoms with Gasteiger partial charge in [0.1, 0.15) is 5.82 Å². The number of halogens is 1. The van der Waals surface area contributed by atoms with E-state index < -0.39 is 0 Å². The second kappa shape index (κ2) is 6.25. The van der Waals surface area contributed by atoms with Crippen LogP contribution in [0.4, 0.5) is 5.82 Å². The molecule has 1 N–H and O–H groups in total. The summed E-state index contributed by atoms with van der Waals surface area (Å²) in [6, 6.07) is 4.07. The van der Waals surface area contributed by atoms with Crippen molar-refractivity contribution in [3.8, 4) is 0 Å². The summed E-state index contributed by atoms with van der Waals surface area (Å²) in [7, 11) is 0. The van der Waals surface area contributed by atoms with Crippen molar-refractivity contribution in [2.24, 2.45) is 11.8 Å². The van der Waals surface area contributed by atoms with Crippen LogP contribution in [0.2, 0.25) is 0 Å². The Kier molecular flexibility index (Phi) is 4.66. The Morgan fingerprint density at radius 2 is 2.12 bits per heavy atom. The van der Waals surface area contributed by atoms with Crippen LogP contribution in [0.5, 0.6) is 0 Å². The largest absolute Gasteiger partial charge is 0.370 e. The average Bonchev–Trinajstić information content (AvgIpc) is 2.38. The van der Waals surface area contributed by atoms with Gasteiger partial charge in [-0.1, -0.05) is 18.9 Å². The van der Waals surface area contributed by atoms with Gasteiger partial charge >= 0.3 is 0 Å². The summed E-state index contributed by atoms with van der Waals surface area (Å²) in [4.78, 5) is 4.37. The highest BCUT2D eigenvalue weighted by molar-refractivity contribution is 6.18. The number of pyridine rings is 1. The zero-order valence-electron chi connectivity index (χ0n) is 10.5. The molecular weight excluding hydrogens is 232 g/mol. The fraction of sp³-hybridized carbons (Fsp3) is 0.643. The van der Waals surface area contributed by atoms with Crippen LogP contribution in [0, 0.1) is 18.8 Å². The standard InChI is InChI=1S/C14H21ClN2/c1-11-5-4-8-16-14(11)17-10-13-7-3-2-6-12(13)9-15/h4-5,8,12-13H,2-3,6-7,9-10H2,1H3,(H,16,17). The summed E-state index contributed by atoms with van der Waals surface area (Å²) in [5.41, 5.74) is 1.21. The van der Waals surface area contributed by atoms with E-state index >= 15 is 0 Å². The van der Waals surface area contributed by atoms with Gasteiger partial charge in [-0.15, -0.1) is 11.6 Å². The maximum atomic E-state index is 6.04. The van der Waals surface area contributed by atoms with Crippen LogP contribution < -0.4 is 5.32 Å². The van der Waals surface area contributed by atoms with E-state index in [-0.39, 0.29) is 0 Å². The molecule has 1 aromatic rings. The Hall–Kier alpha value is -0.760. The fourth-order valence-corrected chi connectivity index (χ4v) is 3.06. The lowest BCUT2D eigenvalue weighted by Gasteiger charge is -2.30. The smallest absolute Gasteiger partial charge is 0.128 e. The van der Waals surface area contributed by atoms with Crippen molar-refractivity contribution in [2.45, 2.75) is 32.6 Å². The first kappa shape index (κ1) is 12.7. The van der Waals surface area contributed by atoms with Gasteiger partial charge in [-0.3, -0.25) is 0 Å². The van der Waals surface area contributed by atoms with Crippen LogP contribution in [-0.4, -0.2) is 17.4 Å². The summed E-state index contributed by atoms with van der Waals surface area (Å²) in [6.07, 6.45) is 7.12. The molecule has 1 aliphatic carbocycles. The molecule has 2 nitrogen and oxygen atoms in total. The Balaban J connectivity index is 1.90. The number of rotatable bonds is 4. The van der Waals surface area contributed by atoms with Crippen molar-refractivity contribution in [1.29, 1.82) is 0 Å². The summed E-state index contributed by atoms with van der Waals surface area (Å²) >= 11 is 6.04. The molecule has 0 amide bonds. The molecule has 0 saturated heterocycles. The van der Waals surface area contributed by atoms with Gasteiger partial charge in [0, 0.05) is 18.6 Å². The predicted molar refractivity (Wildman–Crippen MR) is 73.6 cm³/mol. The third-order valence-electron chi connectivity index (χ3n) is 3.81. The number of aryl methyl sites for hydroxylation is 1. The highest BCUT2D eigenvalue weighted by atomic mass is 35.5. The summed E-state index contributed by atoms with van der Waals surface area (Å²) < 4.78 is 0. The molecule has 0 radical (unpaired) electrons. The maximum absolute atomic E-state index is 6.04. The first-order chi connectivity index (χ1) is 8.31. The third-order valence-corrected chi connectivity index (χ3v) is 4.20. The second-order valence-electron chi connectivity index (χ2n) is 5.01. The van der Waals surface area contributed by atoms with E-state index in [9.17, 15) is 0 Å². The van der Waals surface area contributed by atoms with E-state index in [0.717, 1.165) is 18.2 Å². The second-order valence-corrected chi connectivity index (χ2v) is 5.32. The number of nitrogens with one attached hydrogen (secondary N) is 1. The molecule has 2 rings (SSSR count). The van der Waals surface area contributed by atoms with Gasteiger partial charge < -0.3 is 5.32 Å². The van der Waals surface area contributed by atoms with E-state index in [0.29, 0.717) is 11.8 Å². The lowest BCUT2D eigenvalue weighted by molar-refractivity contribution is 0.272. The Labute approximate surface area is 109 Å². The quantitative estimate of drug-likeness (QED) is 0.824. The Morgan fingerprint density at radius 3 is 2.82 bits per heavy atom. The van der Waals surface area contributed by atoms with Gasteiger partial charge in [0.25, 0.3) is 0 Å². The molecule has 17 heavy (non-hydrogen) atoms. The first-order valence-corrected chi connectivity index (χ1v) is 7.06. The SMILES string of the molecule is Cc1cccnc1NCC1CCCCC1CCl. The lowest BCUT2D eigenvalue weighted by atomic mass is 9.80. The number of hydrogen-bond acceptors (Lipinski definition) is 2. The first-order valence-electron chi connectivity index (χ1n) is 6.52. The molecule has 2 atom stereocenters. The van der Waals surface area contributed by atoms with Crippen molar-refractivity contribution >= 4 is 17.4 Å². The van der Waals surface area contributed by atoms with Gasteiger partial charge in [-0.25, -0.2) is 4.98 Å². The zero-order valence-corrected chi connectivity index (χ0v) is 11.2. The molecule has 1 heterocycles. The van der Waals surface area contributed by atoms with Crippen molar-refractivity contribution in [1.82, 2.24) is 4.98 Å². The van der Waals surface area contributed by atoms with Gasteiger partial charge in [-0.05, 0) is 43.2 Å². The summed E-state index contributed by atoms with van der Waals surface area (Å²) in [5.74, 6) is 3.21. The molecule has 2 unspecified atom stereocenters. The normalized spacial score (nSPS) is 24.6. The van der Waals surface area contributed by atoms with Crippen LogP contribution in [0.3, 0.4) is 0 Å². The maximum Gasteiger partial charge on any atom is 0.128 e. The molecular formula is C14H21ClN2. The van der Waals surface area contributed by atoms with Crippen LogP contribution in [0.15, 0.2) is 18.3 Å². The predicted octanol–water partition coefficient (Wildman–Crippen LogP) is 3.85. The fourth-order valence-electron chi connectivity index (χ4n) is 2.65. The van der Waals surface area contributed by atoms with Gasteiger partial charge in [-0.2, -0.15) is 0 Å².